The van der Waals surface area contributed by atoms with E-state index in [0.717, 1.165) is 12.8 Å². The Morgan fingerprint density at radius 3 is 2.67 bits per heavy atom. The normalized spacial score (nSPS) is 21.5. The minimum absolute atomic E-state index is 0.0421. The molecule has 3 rings (SSSR count). The molecule has 1 saturated heterocycles. The van der Waals surface area contributed by atoms with Crippen LogP contribution in [0.4, 0.5) is 0 Å². The highest BCUT2D eigenvalue weighted by molar-refractivity contribution is 7.89. The van der Waals surface area contributed by atoms with Crippen LogP contribution in [0.2, 0.25) is 0 Å². The second kappa shape index (κ2) is 8.45. The Morgan fingerprint density at radius 1 is 1.19 bits per heavy atom. The Hall–Kier alpha value is -1.84. The van der Waals surface area contributed by atoms with Gasteiger partial charge < -0.3 is 14.6 Å². The molecule has 0 spiro atoms. The molecule has 0 aliphatic carbocycles. The first kappa shape index (κ1) is 19.9. The first-order valence-corrected chi connectivity index (χ1v) is 10.6. The van der Waals surface area contributed by atoms with E-state index in [9.17, 15) is 13.2 Å². The summed E-state index contributed by atoms with van der Waals surface area (Å²) in [5, 5.41) is 8.96. The highest BCUT2D eigenvalue weighted by atomic mass is 32.2. The van der Waals surface area contributed by atoms with Crippen LogP contribution in [0.3, 0.4) is 0 Å². The van der Waals surface area contributed by atoms with Gasteiger partial charge in [-0.25, -0.2) is 8.42 Å². The van der Waals surface area contributed by atoms with Crippen molar-refractivity contribution < 1.29 is 27.8 Å². The van der Waals surface area contributed by atoms with Crippen LogP contribution >= 0.6 is 0 Å². The topological polar surface area (TPSA) is 96.4 Å². The zero-order valence-electron chi connectivity index (χ0n) is 15.5. The maximum absolute atomic E-state index is 13.1. The van der Waals surface area contributed by atoms with Gasteiger partial charge in [-0.3, -0.25) is 9.69 Å². The fourth-order valence-electron chi connectivity index (χ4n) is 3.53. The van der Waals surface area contributed by atoms with E-state index in [1.165, 1.54) is 10.4 Å². The first-order chi connectivity index (χ1) is 12.9. The molecule has 0 saturated carbocycles. The molecule has 1 N–H and O–H groups in total. The molecule has 8 nitrogen and oxygen atoms in total. The lowest BCUT2D eigenvalue weighted by atomic mass is 10.1. The molecular formula is C18H26N2O6S. The second-order valence-corrected chi connectivity index (χ2v) is 8.89. The summed E-state index contributed by atoms with van der Waals surface area (Å²) in [5.41, 5.74) is 0. The number of rotatable bonds is 5. The number of nitrogens with zero attached hydrogens (tertiary/aromatic N) is 2. The third-order valence-corrected chi connectivity index (χ3v) is 6.92. The van der Waals surface area contributed by atoms with Crippen molar-refractivity contribution in [2.24, 2.45) is 0 Å². The van der Waals surface area contributed by atoms with Crippen LogP contribution in [0.1, 0.15) is 25.7 Å². The monoisotopic (exact) mass is 398 g/mol. The number of ether oxygens (including phenoxy) is 2. The molecule has 0 aromatic heterocycles. The minimum Gasteiger partial charge on any atom is -0.490 e. The van der Waals surface area contributed by atoms with Crippen LogP contribution in [0.5, 0.6) is 11.5 Å². The van der Waals surface area contributed by atoms with Crippen LogP contribution in [-0.2, 0) is 14.8 Å². The molecule has 0 radical (unpaired) electrons. The van der Waals surface area contributed by atoms with Gasteiger partial charge in [-0.15, -0.1) is 0 Å². The summed E-state index contributed by atoms with van der Waals surface area (Å²) in [6, 6.07) is 4.80. The number of hydrogen-bond acceptors (Lipinski definition) is 6. The van der Waals surface area contributed by atoms with Crippen LogP contribution in [0, 0.1) is 0 Å². The Labute approximate surface area is 159 Å². The molecular weight excluding hydrogens is 372 g/mol. The summed E-state index contributed by atoms with van der Waals surface area (Å²) < 4.78 is 38.8. The number of likely N-dealkylation sites (N-methyl/N-ethyl adjacent to an activating group) is 1. The van der Waals surface area contributed by atoms with E-state index < -0.39 is 16.0 Å². The van der Waals surface area contributed by atoms with Gasteiger partial charge in [0.15, 0.2) is 11.5 Å². The van der Waals surface area contributed by atoms with E-state index in [1.54, 1.807) is 24.1 Å². The highest BCUT2D eigenvalue weighted by Crippen LogP contribution is 2.33. The minimum atomic E-state index is -3.64. The lowest BCUT2D eigenvalue weighted by Gasteiger charge is -2.25. The van der Waals surface area contributed by atoms with Gasteiger partial charge in [-0.05, 0) is 38.4 Å². The molecule has 1 atom stereocenters. The number of benzene rings is 1. The molecule has 9 heteroatoms. The van der Waals surface area contributed by atoms with Gasteiger partial charge >= 0.3 is 5.97 Å². The van der Waals surface area contributed by atoms with E-state index >= 15 is 0 Å². The first-order valence-electron chi connectivity index (χ1n) is 9.20. The number of hydrogen-bond donors (Lipinski definition) is 1. The highest BCUT2D eigenvalue weighted by Gasteiger charge is 2.30. The van der Waals surface area contributed by atoms with Gasteiger partial charge in [0.2, 0.25) is 10.0 Å². The SMILES string of the molecule is CN(CC(=O)O)C1CCCN(S(=O)(=O)c2ccc3c(c2)OCCCO3)CC1. The molecule has 0 amide bonds. The maximum Gasteiger partial charge on any atom is 0.317 e. The average Bonchev–Trinajstić information content (AvgIpc) is 3.01. The van der Waals surface area contributed by atoms with Gasteiger partial charge in [0.05, 0.1) is 24.7 Å². The molecule has 1 fully saturated rings. The molecule has 150 valence electrons. The van der Waals surface area contributed by atoms with E-state index in [0.29, 0.717) is 50.6 Å². The number of fused-ring (bicyclic) bond motifs is 1. The lowest BCUT2D eigenvalue weighted by molar-refractivity contribution is -0.138. The molecule has 1 unspecified atom stereocenters. The van der Waals surface area contributed by atoms with Crippen LogP contribution in [-0.4, -0.2) is 74.6 Å². The summed E-state index contributed by atoms with van der Waals surface area (Å²) in [4.78, 5) is 12.9. The van der Waals surface area contributed by atoms with Crippen LogP contribution in [0.15, 0.2) is 23.1 Å². The van der Waals surface area contributed by atoms with Crippen molar-refractivity contribution in [3.05, 3.63) is 18.2 Å². The summed E-state index contributed by atoms with van der Waals surface area (Å²) in [6.07, 6.45) is 2.83. The Kier molecular flexibility index (Phi) is 6.23. The fraction of sp³-hybridized carbons (Fsp3) is 0.611. The molecule has 2 aliphatic heterocycles. The molecule has 1 aromatic rings. The second-order valence-electron chi connectivity index (χ2n) is 6.96. The molecule has 1 aromatic carbocycles. The van der Waals surface area contributed by atoms with Crippen LogP contribution < -0.4 is 9.47 Å². The van der Waals surface area contributed by atoms with Crippen molar-refractivity contribution in [3.8, 4) is 11.5 Å². The summed E-state index contributed by atoms with van der Waals surface area (Å²) in [6.45, 7) is 1.80. The third-order valence-electron chi connectivity index (χ3n) is 5.02. The largest absolute Gasteiger partial charge is 0.490 e. The van der Waals surface area contributed by atoms with E-state index in [-0.39, 0.29) is 17.5 Å². The Bertz CT molecular complexity index is 782. The summed E-state index contributed by atoms with van der Waals surface area (Å²) in [7, 11) is -1.87. The van der Waals surface area contributed by atoms with Gasteiger partial charge in [0, 0.05) is 31.6 Å². The Balaban J connectivity index is 1.73. The number of carbonyl (C=O) groups is 1. The van der Waals surface area contributed by atoms with Crippen LogP contribution in [0.25, 0.3) is 0 Å². The predicted octanol–water partition coefficient (Wildman–Crippen LogP) is 1.41. The lowest BCUT2D eigenvalue weighted by Crippen LogP contribution is -2.37. The van der Waals surface area contributed by atoms with Crippen molar-refractivity contribution in [2.45, 2.75) is 36.6 Å². The zero-order chi connectivity index (χ0) is 19.4. The average molecular weight is 398 g/mol. The molecule has 2 aliphatic rings. The molecule has 2 heterocycles. The van der Waals surface area contributed by atoms with Gasteiger partial charge in [-0.2, -0.15) is 4.31 Å². The molecule has 27 heavy (non-hydrogen) atoms. The molecule has 0 bridgehead atoms. The van der Waals surface area contributed by atoms with Crippen molar-refractivity contribution in [1.82, 2.24) is 9.21 Å². The van der Waals surface area contributed by atoms with Crippen molar-refractivity contribution in [1.29, 1.82) is 0 Å². The van der Waals surface area contributed by atoms with E-state index in [1.807, 2.05) is 0 Å². The number of sulfonamides is 1. The van der Waals surface area contributed by atoms with Crippen molar-refractivity contribution in [2.75, 3.05) is 39.9 Å². The zero-order valence-corrected chi connectivity index (χ0v) is 16.3. The van der Waals surface area contributed by atoms with E-state index in [2.05, 4.69) is 0 Å². The number of aliphatic carboxylic acids is 1. The summed E-state index contributed by atoms with van der Waals surface area (Å²) >= 11 is 0. The quantitative estimate of drug-likeness (QED) is 0.801. The van der Waals surface area contributed by atoms with Gasteiger partial charge in [0.1, 0.15) is 0 Å². The van der Waals surface area contributed by atoms with Crippen molar-refractivity contribution in [3.63, 3.8) is 0 Å². The predicted molar refractivity (Wildman–Crippen MR) is 98.7 cm³/mol. The van der Waals surface area contributed by atoms with Crippen molar-refractivity contribution >= 4 is 16.0 Å². The number of carboxylic acid groups (broad SMARTS) is 1. The third kappa shape index (κ3) is 4.72. The smallest absolute Gasteiger partial charge is 0.317 e. The number of carboxylic acids is 1. The summed E-state index contributed by atoms with van der Waals surface area (Å²) in [5.74, 6) is 0.151. The van der Waals surface area contributed by atoms with Gasteiger partial charge in [0.25, 0.3) is 0 Å². The van der Waals surface area contributed by atoms with E-state index in [4.69, 9.17) is 14.6 Å². The maximum atomic E-state index is 13.1. The standard InChI is InChI=1S/C18H26N2O6S/c1-19(13-18(21)22)14-4-2-8-20(9-7-14)27(23,24)15-5-6-16-17(12-15)26-11-3-10-25-16/h5-6,12,14H,2-4,7-11,13H2,1H3,(H,21,22). The fourth-order valence-corrected chi connectivity index (χ4v) is 5.04. The Morgan fingerprint density at radius 2 is 1.93 bits per heavy atom. The van der Waals surface area contributed by atoms with Gasteiger partial charge in [-0.1, -0.05) is 0 Å².